The van der Waals surface area contributed by atoms with Crippen LogP contribution in [-0.4, -0.2) is 46.0 Å². The van der Waals surface area contributed by atoms with Gasteiger partial charge in [0.25, 0.3) is 11.8 Å². The largest absolute Gasteiger partial charge is 0.478 e. The predicted octanol–water partition coefficient (Wildman–Crippen LogP) is 3.27. The first-order valence-electron chi connectivity index (χ1n) is 9.21. The number of furan rings is 1. The summed E-state index contributed by atoms with van der Waals surface area (Å²) in [7, 11) is 0. The summed E-state index contributed by atoms with van der Waals surface area (Å²) in [5, 5.41) is 27.7. The first kappa shape index (κ1) is 22.0. The molecule has 0 aliphatic carbocycles. The summed E-state index contributed by atoms with van der Waals surface area (Å²) >= 11 is 5.90. The zero-order valence-corrected chi connectivity index (χ0v) is 17.1. The molecule has 2 N–H and O–H groups in total. The van der Waals surface area contributed by atoms with Crippen LogP contribution in [0.1, 0.15) is 29.5 Å². The maximum absolute atomic E-state index is 12.8. The molecule has 0 fully saturated rings. The Morgan fingerprint density at radius 2 is 2.00 bits per heavy atom. The Morgan fingerprint density at radius 1 is 1.26 bits per heavy atom. The van der Waals surface area contributed by atoms with Gasteiger partial charge in [-0.1, -0.05) is 11.6 Å². The number of amides is 2. The third-order valence-electron chi connectivity index (χ3n) is 4.76. The number of aliphatic hydroxyl groups excluding tert-OH is 1. The SMILES string of the molecule is CC1=C(C#N)C(=O)N(CCCO)C(=O)/C1=C/c1ccc(-c2ccc(Cl)c(C(=O)O)c2)o1. The van der Waals surface area contributed by atoms with E-state index in [0.717, 1.165) is 4.90 Å². The molecule has 0 unspecified atom stereocenters. The average molecular weight is 441 g/mol. The highest BCUT2D eigenvalue weighted by molar-refractivity contribution is 6.33. The van der Waals surface area contributed by atoms with Crippen LogP contribution in [0.5, 0.6) is 0 Å². The average Bonchev–Trinajstić information content (AvgIpc) is 3.20. The van der Waals surface area contributed by atoms with Crippen LogP contribution in [0.3, 0.4) is 0 Å². The number of benzene rings is 1. The minimum atomic E-state index is -1.18. The third-order valence-corrected chi connectivity index (χ3v) is 5.09. The summed E-state index contributed by atoms with van der Waals surface area (Å²) in [6.45, 7) is 1.28. The number of nitriles is 1. The van der Waals surface area contributed by atoms with E-state index < -0.39 is 17.8 Å². The van der Waals surface area contributed by atoms with Crippen molar-refractivity contribution in [1.82, 2.24) is 4.90 Å². The van der Waals surface area contributed by atoms with E-state index in [2.05, 4.69) is 0 Å². The molecule has 2 heterocycles. The molecule has 1 aliphatic heterocycles. The number of hydrogen-bond donors (Lipinski definition) is 2. The van der Waals surface area contributed by atoms with Crippen LogP contribution in [0.2, 0.25) is 5.02 Å². The van der Waals surface area contributed by atoms with Gasteiger partial charge in [-0.3, -0.25) is 14.5 Å². The Morgan fingerprint density at radius 3 is 2.65 bits per heavy atom. The van der Waals surface area contributed by atoms with Crippen molar-refractivity contribution >= 4 is 35.5 Å². The number of hydrogen-bond acceptors (Lipinski definition) is 6. The number of imide groups is 1. The van der Waals surface area contributed by atoms with Gasteiger partial charge in [-0.2, -0.15) is 5.26 Å². The van der Waals surface area contributed by atoms with Gasteiger partial charge >= 0.3 is 5.97 Å². The summed E-state index contributed by atoms with van der Waals surface area (Å²) in [5.74, 6) is -1.83. The number of aromatic carboxylic acids is 1. The lowest BCUT2D eigenvalue weighted by Crippen LogP contribution is -2.43. The fraction of sp³-hybridized carbons (Fsp3) is 0.182. The number of carbonyl (C=O) groups is 3. The lowest BCUT2D eigenvalue weighted by atomic mass is 9.94. The highest BCUT2D eigenvalue weighted by atomic mass is 35.5. The van der Waals surface area contributed by atoms with E-state index >= 15 is 0 Å². The molecule has 2 aromatic rings. The van der Waals surface area contributed by atoms with E-state index in [1.807, 2.05) is 6.07 Å². The molecule has 9 heteroatoms. The Hall–Kier alpha value is -3.67. The molecule has 0 spiro atoms. The normalized spacial score (nSPS) is 15.5. The second kappa shape index (κ2) is 9.00. The first-order chi connectivity index (χ1) is 14.8. The lowest BCUT2D eigenvalue weighted by Gasteiger charge is -2.27. The fourth-order valence-electron chi connectivity index (χ4n) is 3.13. The lowest BCUT2D eigenvalue weighted by molar-refractivity contribution is -0.140. The Bertz CT molecular complexity index is 1180. The van der Waals surface area contributed by atoms with Crippen molar-refractivity contribution in [3.63, 3.8) is 0 Å². The molecule has 0 bridgehead atoms. The van der Waals surface area contributed by atoms with Crippen LogP contribution in [0, 0.1) is 11.3 Å². The van der Waals surface area contributed by atoms with Crippen LogP contribution in [-0.2, 0) is 9.59 Å². The van der Waals surface area contributed by atoms with Gasteiger partial charge in [-0.25, -0.2) is 4.79 Å². The minimum absolute atomic E-state index is 0.0177. The topological polar surface area (TPSA) is 132 Å². The molecule has 0 saturated heterocycles. The Kier molecular flexibility index (Phi) is 6.39. The van der Waals surface area contributed by atoms with Crippen molar-refractivity contribution in [3.8, 4) is 17.4 Å². The molecule has 0 atom stereocenters. The van der Waals surface area contributed by atoms with Gasteiger partial charge in [0.05, 0.1) is 10.6 Å². The standard InChI is InChI=1S/C22H17ClN2O6/c1-12-15(20(27)25(7-2-8-26)21(28)17(12)11-24)10-14-4-6-19(31-14)13-3-5-18(23)16(9-13)22(29)30/h3-6,9-10,26H,2,7-8H2,1H3,(H,29,30)/b15-10+. The van der Waals surface area contributed by atoms with E-state index in [9.17, 15) is 24.8 Å². The molecule has 158 valence electrons. The number of halogens is 1. The molecular formula is C22H17ClN2O6. The predicted molar refractivity (Wildman–Crippen MR) is 111 cm³/mol. The zero-order valence-electron chi connectivity index (χ0n) is 16.4. The third kappa shape index (κ3) is 4.28. The molecule has 1 aromatic heterocycles. The zero-order chi connectivity index (χ0) is 22.7. The van der Waals surface area contributed by atoms with Gasteiger partial charge in [0.2, 0.25) is 0 Å². The number of carbonyl (C=O) groups excluding carboxylic acids is 2. The number of aliphatic hydroxyl groups is 1. The molecule has 1 aromatic carbocycles. The summed E-state index contributed by atoms with van der Waals surface area (Å²) in [5.41, 5.74) is 0.603. The van der Waals surface area contributed by atoms with E-state index in [-0.39, 0.29) is 52.6 Å². The van der Waals surface area contributed by atoms with E-state index in [0.29, 0.717) is 11.3 Å². The number of rotatable bonds is 6. The van der Waals surface area contributed by atoms with Crippen LogP contribution < -0.4 is 0 Å². The van der Waals surface area contributed by atoms with E-state index in [4.69, 9.17) is 21.1 Å². The number of carboxylic acid groups (broad SMARTS) is 1. The minimum Gasteiger partial charge on any atom is -0.478 e. The summed E-state index contributed by atoms with van der Waals surface area (Å²) in [4.78, 5) is 37.5. The molecule has 2 amide bonds. The van der Waals surface area contributed by atoms with Crippen molar-refractivity contribution in [2.24, 2.45) is 0 Å². The van der Waals surface area contributed by atoms with Crippen LogP contribution in [0.25, 0.3) is 17.4 Å². The van der Waals surface area contributed by atoms with Crippen molar-refractivity contribution < 1.29 is 29.0 Å². The second-order valence-electron chi connectivity index (χ2n) is 6.71. The maximum Gasteiger partial charge on any atom is 0.337 e. The number of nitrogens with zero attached hydrogens (tertiary/aromatic N) is 2. The van der Waals surface area contributed by atoms with Crippen LogP contribution in [0.4, 0.5) is 0 Å². The molecule has 0 saturated carbocycles. The van der Waals surface area contributed by atoms with Crippen molar-refractivity contribution in [1.29, 1.82) is 5.26 Å². The number of carboxylic acids is 1. The summed E-state index contributed by atoms with van der Waals surface area (Å²) < 4.78 is 5.74. The second-order valence-corrected chi connectivity index (χ2v) is 7.12. The summed E-state index contributed by atoms with van der Waals surface area (Å²) in [6.07, 6.45) is 1.61. The quantitative estimate of drug-likeness (QED) is 0.520. The van der Waals surface area contributed by atoms with Crippen molar-refractivity contribution in [3.05, 3.63) is 63.4 Å². The molecule has 8 nitrogen and oxygen atoms in total. The van der Waals surface area contributed by atoms with Crippen LogP contribution in [0.15, 0.2) is 51.5 Å². The first-order valence-corrected chi connectivity index (χ1v) is 9.59. The van der Waals surface area contributed by atoms with Crippen molar-refractivity contribution in [2.45, 2.75) is 13.3 Å². The van der Waals surface area contributed by atoms with Crippen molar-refractivity contribution in [2.75, 3.05) is 13.2 Å². The van der Waals surface area contributed by atoms with Gasteiger partial charge in [0.15, 0.2) is 0 Å². The smallest absolute Gasteiger partial charge is 0.337 e. The summed E-state index contributed by atoms with van der Waals surface area (Å²) in [6, 6.07) is 9.44. The molecule has 1 aliphatic rings. The molecular weight excluding hydrogens is 424 g/mol. The van der Waals surface area contributed by atoms with Gasteiger partial charge in [0, 0.05) is 24.3 Å². The monoisotopic (exact) mass is 440 g/mol. The highest BCUT2D eigenvalue weighted by Crippen LogP contribution is 2.30. The fourth-order valence-corrected chi connectivity index (χ4v) is 3.33. The van der Waals surface area contributed by atoms with E-state index in [1.165, 1.54) is 25.1 Å². The van der Waals surface area contributed by atoms with E-state index in [1.54, 1.807) is 18.2 Å². The van der Waals surface area contributed by atoms with Crippen LogP contribution >= 0.6 is 11.6 Å². The molecule has 3 rings (SSSR count). The Labute approximate surface area is 182 Å². The van der Waals surface area contributed by atoms with Gasteiger partial charge in [-0.15, -0.1) is 0 Å². The maximum atomic E-state index is 12.8. The molecule has 0 radical (unpaired) electrons. The highest BCUT2D eigenvalue weighted by Gasteiger charge is 2.35. The Balaban J connectivity index is 2.01. The molecule has 31 heavy (non-hydrogen) atoms. The van der Waals surface area contributed by atoms with Gasteiger partial charge in [-0.05, 0) is 55.3 Å². The van der Waals surface area contributed by atoms with Gasteiger partial charge in [0.1, 0.15) is 23.2 Å². The van der Waals surface area contributed by atoms with Gasteiger partial charge < -0.3 is 14.6 Å².